The first-order valence-electron chi connectivity index (χ1n) is 5.09. The summed E-state index contributed by atoms with van der Waals surface area (Å²) in [7, 11) is 1.11. The summed E-state index contributed by atoms with van der Waals surface area (Å²) < 4.78 is 0. The highest BCUT2D eigenvalue weighted by Crippen LogP contribution is 2.08. The van der Waals surface area contributed by atoms with Crippen molar-refractivity contribution in [1.82, 2.24) is 0 Å². The van der Waals surface area contributed by atoms with Crippen molar-refractivity contribution < 1.29 is 0 Å². The highest BCUT2D eigenvalue weighted by molar-refractivity contribution is 6.33. The predicted molar refractivity (Wildman–Crippen MR) is 60.6 cm³/mol. The van der Waals surface area contributed by atoms with Crippen LogP contribution in [0.25, 0.3) is 0 Å². The van der Waals surface area contributed by atoms with E-state index in [0.29, 0.717) is 0 Å². The van der Waals surface area contributed by atoms with Crippen LogP contribution in [0.4, 0.5) is 0 Å². The molecule has 0 aliphatic carbocycles. The molecule has 0 unspecified atom stereocenters. The lowest BCUT2D eigenvalue weighted by molar-refractivity contribution is 0.913. The molecule has 0 aliphatic heterocycles. The Labute approximate surface area is 84.2 Å². The van der Waals surface area contributed by atoms with Crippen LogP contribution in [0.5, 0.6) is 0 Å². The third-order valence-corrected chi connectivity index (χ3v) is 3.18. The van der Waals surface area contributed by atoms with Gasteiger partial charge >= 0.3 is 0 Å². The van der Waals surface area contributed by atoms with Gasteiger partial charge in [-0.15, -0.1) is 0 Å². The molecule has 1 rings (SSSR count). The van der Waals surface area contributed by atoms with Crippen LogP contribution in [0.1, 0.15) is 24.5 Å². The largest absolute Gasteiger partial charge is 0.0733 e. The summed E-state index contributed by atoms with van der Waals surface area (Å²) >= 11 is 0. The third-order valence-electron chi connectivity index (χ3n) is 2.32. The zero-order chi connectivity index (χ0) is 9.52. The van der Waals surface area contributed by atoms with Gasteiger partial charge in [0, 0.05) is 9.52 Å². The molecular formula is C12H18Si. The number of aryl methyl sites for hydroxylation is 2. The third kappa shape index (κ3) is 3.77. The summed E-state index contributed by atoms with van der Waals surface area (Å²) in [6.45, 7) is 4.48. The molecule has 0 nitrogen and oxygen atoms in total. The standard InChI is InChI=1S/C12H18Si/c1-3-11-6-8-12(9-7-11)5-4-10-13-2/h6-9H,3-5,10H2,1-2H3. The lowest BCUT2D eigenvalue weighted by atomic mass is 10.1. The molecule has 0 fully saturated rings. The fraction of sp³-hybridized carbons (Fsp3) is 0.500. The molecule has 0 amide bonds. The zero-order valence-corrected chi connectivity index (χ0v) is 9.64. The summed E-state index contributed by atoms with van der Waals surface area (Å²) in [4.78, 5) is 0. The Bertz CT molecular complexity index is 225. The van der Waals surface area contributed by atoms with Crippen LogP contribution in [-0.2, 0) is 12.8 Å². The van der Waals surface area contributed by atoms with E-state index < -0.39 is 0 Å². The molecule has 1 aromatic rings. The first-order valence-corrected chi connectivity index (χ1v) is 6.80. The molecule has 0 heterocycles. The van der Waals surface area contributed by atoms with E-state index in [0.717, 1.165) is 15.9 Å². The van der Waals surface area contributed by atoms with E-state index in [1.807, 2.05) is 0 Å². The summed E-state index contributed by atoms with van der Waals surface area (Å²) in [5.41, 5.74) is 2.94. The fourth-order valence-electron chi connectivity index (χ4n) is 1.41. The van der Waals surface area contributed by atoms with E-state index in [2.05, 4.69) is 37.7 Å². The van der Waals surface area contributed by atoms with Crippen LogP contribution >= 0.6 is 0 Å². The molecule has 1 aromatic carbocycles. The lowest BCUT2D eigenvalue weighted by Crippen LogP contribution is -1.88. The quantitative estimate of drug-likeness (QED) is 0.493. The molecule has 0 bridgehead atoms. The normalized spacial score (nSPS) is 10.3. The van der Waals surface area contributed by atoms with Crippen LogP contribution in [0, 0.1) is 0 Å². The Morgan fingerprint density at radius 3 is 2.23 bits per heavy atom. The van der Waals surface area contributed by atoms with Gasteiger partial charge in [0.2, 0.25) is 0 Å². The average molecular weight is 190 g/mol. The summed E-state index contributed by atoms with van der Waals surface area (Å²) in [6, 6.07) is 10.4. The molecular weight excluding hydrogens is 172 g/mol. The van der Waals surface area contributed by atoms with Gasteiger partial charge in [-0.2, -0.15) is 0 Å². The minimum atomic E-state index is 1.11. The van der Waals surface area contributed by atoms with Crippen LogP contribution in [0.2, 0.25) is 12.6 Å². The smallest absolute Gasteiger partial charge is 0.0342 e. The first-order chi connectivity index (χ1) is 6.36. The maximum Gasteiger partial charge on any atom is 0.0342 e. The van der Waals surface area contributed by atoms with E-state index >= 15 is 0 Å². The number of hydrogen-bond donors (Lipinski definition) is 0. The van der Waals surface area contributed by atoms with Gasteiger partial charge in [0.05, 0.1) is 0 Å². The Kier molecular flexibility index (Phi) is 4.84. The van der Waals surface area contributed by atoms with E-state index in [1.54, 1.807) is 0 Å². The monoisotopic (exact) mass is 190 g/mol. The Balaban J connectivity index is 2.40. The first kappa shape index (κ1) is 10.5. The van der Waals surface area contributed by atoms with E-state index in [4.69, 9.17) is 0 Å². The van der Waals surface area contributed by atoms with Crippen molar-refractivity contribution in [1.29, 1.82) is 0 Å². The molecule has 0 spiro atoms. The van der Waals surface area contributed by atoms with E-state index in [-0.39, 0.29) is 0 Å². The van der Waals surface area contributed by atoms with Crippen LogP contribution in [0.15, 0.2) is 24.3 Å². The van der Waals surface area contributed by atoms with Gasteiger partial charge < -0.3 is 0 Å². The fourth-order valence-corrected chi connectivity index (χ4v) is 1.94. The van der Waals surface area contributed by atoms with Gasteiger partial charge in [0.15, 0.2) is 0 Å². The summed E-state index contributed by atoms with van der Waals surface area (Å²) in [6.07, 6.45) is 3.75. The SMILES string of the molecule is CCc1ccc(CCC[Si]C)cc1. The molecule has 13 heavy (non-hydrogen) atoms. The molecule has 0 saturated heterocycles. The second-order valence-electron chi connectivity index (χ2n) is 3.38. The highest BCUT2D eigenvalue weighted by atomic mass is 28.2. The minimum absolute atomic E-state index is 1.11. The number of hydrogen-bond acceptors (Lipinski definition) is 0. The van der Waals surface area contributed by atoms with Crippen molar-refractivity contribution >= 4 is 9.52 Å². The Morgan fingerprint density at radius 1 is 1.08 bits per heavy atom. The molecule has 0 saturated carbocycles. The summed E-state index contributed by atoms with van der Waals surface area (Å²) in [5.74, 6) is 0. The van der Waals surface area contributed by atoms with Gasteiger partial charge in [-0.25, -0.2) is 0 Å². The topological polar surface area (TPSA) is 0 Å². The van der Waals surface area contributed by atoms with Gasteiger partial charge in [0.1, 0.15) is 0 Å². The van der Waals surface area contributed by atoms with Gasteiger partial charge in [-0.3, -0.25) is 0 Å². The molecule has 0 N–H and O–H groups in total. The second kappa shape index (κ2) is 5.98. The van der Waals surface area contributed by atoms with E-state index in [9.17, 15) is 0 Å². The van der Waals surface area contributed by atoms with Gasteiger partial charge in [0.25, 0.3) is 0 Å². The molecule has 2 radical (unpaired) electrons. The van der Waals surface area contributed by atoms with Crippen molar-refractivity contribution in [3.05, 3.63) is 35.4 Å². The van der Waals surface area contributed by atoms with Gasteiger partial charge in [-0.1, -0.05) is 50.2 Å². The Morgan fingerprint density at radius 2 is 1.69 bits per heavy atom. The maximum atomic E-state index is 2.28. The Hall–Kier alpha value is -0.563. The number of rotatable bonds is 5. The highest BCUT2D eigenvalue weighted by Gasteiger charge is 1.93. The zero-order valence-electron chi connectivity index (χ0n) is 8.64. The lowest BCUT2D eigenvalue weighted by Gasteiger charge is -2.01. The average Bonchev–Trinajstić information content (AvgIpc) is 2.19. The van der Waals surface area contributed by atoms with E-state index in [1.165, 1.54) is 30.0 Å². The summed E-state index contributed by atoms with van der Waals surface area (Å²) in [5, 5.41) is 0. The molecule has 0 atom stereocenters. The molecule has 70 valence electrons. The van der Waals surface area contributed by atoms with Gasteiger partial charge in [-0.05, 0) is 24.0 Å². The molecule has 0 aliphatic rings. The number of benzene rings is 1. The van der Waals surface area contributed by atoms with Crippen LogP contribution in [0.3, 0.4) is 0 Å². The molecule has 0 aromatic heterocycles. The molecule has 1 heteroatoms. The van der Waals surface area contributed by atoms with Crippen LogP contribution < -0.4 is 0 Å². The minimum Gasteiger partial charge on any atom is -0.0733 e. The van der Waals surface area contributed by atoms with Crippen LogP contribution in [-0.4, -0.2) is 9.52 Å². The van der Waals surface area contributed by atoms with Crippen molar-refractivity contribution in [3.63, 3.8) is 0 Å². The predicted octanol–water partition coefficient (Wildman–Crippen LogP) is 3.35. The van der Waals surface area contributed by atoms with Crippen molar-refractivity contribution in [2.45, 2.75) is 38.8 Å². The maximum absolute atomic E-state index is 2.28. The second-order valence-corrected chi connectivity index (χ2v) is 4.58. The van der Waals surface area contributed by atoms with Crippen molar-refractivity contribution in [3.8, 4) is 0 Å². The van der Waals surface area contributed by atoms with Crippen molar-refractivity contribution in [2.75, 3.05) is 0 Å². The van der Waals surface area contributed by atoms with Crippen molar-refractivity contribution in [2.24, 2.45) is 0 Å².